The number of benzene rings is 1. The third kappa shape index (κ3) is 22.0. The number of nitrogen functional groups attached to an aromatic ring is 1. The number of imidazole rings is 1. The fraction of sp³-hybridized carbons (Fsp3) is 0.689. The summed E-state index contributed by atoms with van der Waals surface area (Å²) in [5.74, 6) is -1.38. The van der Waals surface area contributed by atoms with Gasteiger partial charge < -0.3 is 39.9 Å². The highest BCUT2D eigenvalue weighted by Gasteiger charge is 2.26. The fourth-order valence-corrected chi connectivity index (χ4v) is 7.57. The van der Waals surface area contributed by atoms with Crippen LogP contribution in [-0.4, -0.2) is 95.1 Å². The van der Waals surface area contributed by atoms with Crippen LogP contribution in [0.15, 0.2) is 29.1 Å². The molecule has 1 aromatic carbocycles. The minimum atomic E-state index is -4.67. The third-order valence-corrected chi connectivity index (χ3v) is 11.5. The summed E-state index contributed by atoms with van der Waals surface area (Å²) >= 11 is 0. The molecular weight excluding hydrogens is 847 g/mol. The zero-order valence-corrected chi connectivity index (χ0v) is 39.2. The van der Waals surface area contributed by atoms with Crippen LogP contribution in [0.5, 0.6) is 6.01 Å². The monoisotopic (exact) mass is 921 g/mol. The number of hydrogen-bond acceptors (Lipinski definition) is 14. The number of phosphoric ester groups is 1. The van der Waals surface area contributed by atoms with E-state index in [1.807, 2.05) is 0 Å². The van der Waals surface area contributed by atoms with Crippen LogP contribution in [0.2, 0.25) is 0 Å². The first-order chi connectivity index (χ1) is 31.0. The van der Waals surface area contributed by atoms with Crippen LogP contribution >= 0.6 is 7.82 Å². The number of carbonyl (C=O) groups is 3. The van der Waals surface area contributed by atoms with Crippen LogP contribution < -0.4 is 21.5 Å². The molecule has 1 amide bonds. The number of aromatic amines is 1. The van der Waals surface area contributed by atoms with Crippen molar-refractivity contribution in [3.63, 3.8) is 0 Å². The number of ether oxygens (including phenoxy) is 4. The molecule has 2 atom stereocenters. The van der Waals surface area contributed by atoms with E-state index in [2.05, 4.69) is 34.1 Å². The van der Waals surface area contributed by atoms with Crippen LogP contribution in [0.3, 0.4) is 0 Å². The maximum atomic E-state index is 12.9. The Morgan fingerprint density at radius 3 is 1.95 bits per heavy atom. The van der Waals surface area contributed by atoms with Crippen LogP contribution in [0.25, 0.3) is 11.2 Å². The van der Waals surface area contributed by atoms with Crippen LogP contribution in [0, 0.1) is 0 Å². The summed E-state index contributed by atoms with van der Waals surface area (Å²) in [5, 5.41) is 2.62. The first-order valence-electron chi connectivity index (χ1n) is 23.2. The first-order valence-corrected chi connectivity index (χ1v) is 24.7. The zero-order valence-electron chi connectivity index (χ0n) is 38.3. The molecule has 0 spiro atoms. The van der Waals surface area contributed by atoms with Gasteiger partial charge in [0.2, 0.25) is 0 Å². The summed E-state index contributed by atoms with van der Waals surface area (Å²) in [6, 6.07) is 6.46. The van der Waals surface area contributed by atoms with Crippen LogP contribution in [0.4, 0.5) is 5.82 Å². The van der Waals surface area contributed by atoms with E-state index in [4.69, 9.17) is 33.7 Å². The zero-order chi connectivity index (χ0) is 46.4. The van der Waals surface area contributed by atoms with Crippen LogP contribution in [0.1, 0.15) is 158 Å². The number of hydrogen-bond donors (Lipinski definition) is 4. The minimum Gasteiger partial charge on any atom is -0.462 e. The molecule has 0 aliphatic carbocycles. The highest BCUT2D eigenvalue weighted by molar-refractivity contribution is 7.47. The molecule has 0 saturated carbocycles. The molecule has 5 N–H and O–H groups in total. The Balaban J connectivity index is 1.44. The molecule has 0 aliphatic heterocycles. The number of anilines is 1. The third-order valence-electron chi connectivity index (χ3n) is 10.5. The largest absolute Gasteiger partial charge is 0.472 e. The van der Waals surface area contributed by atoms with E-state index in [9.17, 15) is 28.6 Å². The Morgan fingerprint density at radius 2 is 1.36 bits per heavy atom. The topological polar surface area (TPSA) is 246 Å². The SMILES string of the molecule is CCCCCCCCCCCC(=O)OC[C@@H](COP(=O)(O)OCCNC(=O)c1ccc(Cn2c(=O)[nH]c3c(N)nc(OCCOC)nc32)cc1)OC(=O)CCCCCCCCCCC. The summed E-state index contributed by atoms with van der Waals surface area (Å²) in [4.78, 5) is 72.3. The molecule has 0 bridgehead atoms. The van der Waals surface area contributed by atoms with Crippen molar-refractivity contribution in [3.05, 3.63) is 45.9 Å². The molecule has 0 fully saturated rings. The molecule has 0 aliphatic rings. The molecule has 3 aromatic rings. The highest BCUT2D eigenvalue weighted by Crippen LogP contribution is 2.43. The Hall–Kier alpha value is -4.35. The quantitative estimate of drug-likeness (QED) is 0.0244. The Bertz CT molecular complexity index is 1910. The number of H-pyrrole nitrogens is 1. The molecule has 64 heavy (non-hydrogen) atoms. The number of nitrogens with two attached hydrogens (primary N) is 1. The minimum absolute atomic E-state index is 0.00302. The van der Waals surface area contributed by atoms with Crippen LogP contribution in [-0.2, 0) is 44.0 Å². The fourth-order valence-electron chi connectivity index (χ4n) is 6.82. The van der Waals surface area contributed by atoms with E-state index in [0.717, 1.165) is 38.5 Å². The Morgan fingerprint density at radius 1 is 0.781 bits per heavy atom. The van der Waals surface area contributed by atoms with Crippen molar-refractivity contribution in [2.75, 3.05) is 52.4 Å². The van der Waals surface area contributed by atoms with Gasteiger partial charge in [-0.1, -0.05) is 129 Å². The van der Waals surface area contributed by atoms with Crippen molar-refractivity contribution in [2.45, 2.75) is 155 Å². The van der Waals surface area contributed by atoms with Crippen molar-refractivity contribution < 1.29 is 51.8 Å². The summed E-state index contributed by atoms with van der Waals surface area (Å²) < 4.78 is 45.8. The number of esters is 2. The molecule has 3 rings (SSSR count). The summed E-state index contributed by atoms with van der Waals surface area (Å²) in [6.45, 7) is 3.61. The van der Waals surface area contributed by atoms with Gasteiger partial charge in [-0.15, -0.1) is 0 Å². The number of phosphoric acid groups is 1. The van der Waals surface area contributed by atoms with E-state index in [1.54, 1.807) is 24.3 Å². The van der Waals surface area contributed by atoms with E-state index in [0.29, 0.717) is 30.6 Å². The lowest BCUT2D eigenvalue weighted by molar-refractivity contribution is -0.161. The average Bonchev–Trinajstić information content (AvgIpc) is 3.59. The van der Waals surface area contributed by atoms with Gasteiger partial charge >= 0.3 is 31.5 Å². The van der Waals surface area contributed by atoms with Gasteiger partial charge in [0.1, 0.15) is 18.7 Å². The van der Waals surface area contributed by atoms with Crippen molar-refractivity contribution in [1.29, 1.82) is 0 Å². The van der Waals surface area contributed by atoms with Gasteiger partial charge in [0.15, 0.2) is 17.6 Å². The number of amides is 1. The molecule has 1 unspecified atom stereocenters. The van der Waals surface area contributed by atoms with Gasteiger partial charge in [-0.2, -0.15) is 9.97 Å². The first kappa shape index (κ1) is 54.0. The predicted octanol–water partition coefficient (Wildman–Crippen LogP) is 7.94. The number of methoxy groups -OCH3 is 1. The number of aromatic nitrogens is 4. The number of nitrogens with zero attached hydrogens (tertiary/aromatic N) is 3. The average molecular weight is 921 g/mol. The van der Waals surface area contributed by atoms with Crippen molar-refractivity contribution in [3.8, 4) is 6.01 Å². The van der Waals surface area contributed by atoms with Crippen molar-refractivity contribution in [2.24, 2.45) is 0 Å². The maximum absolute atomic E-state index is 12.9. The smallest absolute Gasteiger partial charge is 0.462 e. The van der Waals surface area contributed by atoms with E-state index in [-0.39, 0.29) is 68.7 Å². The lowest BCUT2D eigenvalue weighted by atomic mass is 10.1. The number of nitrogens with one attached hydrogen (secondary N) is 2. The van der Waals surface area contributed by atoms with Crippen molar-refractivity contribution in [1.82, 2.24) is 24.8 Å². The van der Waals surface area contributed by atoms with Gasteiger partial charge in [-0.05, 0) is 30.5 Å². The van der Waals surface area contributed by atoms with E-state index < -0.39 is 44.1 Å². The highest BCUT2D eigenvalue weighted by atomic mass is 31.2. The van der Waals surface area contributed by atoms with Crippen molar-refractivity contribution >= 4 is 42.7 Å². The molecular formula is C45H73N6O12P. The van der Waals surface area contributed by atoms with Gasteiger partial charge in [0.05, 0.1) is 26.4 Å². The Labute approximate surface area is 377 Å². The summed E-state index contributed by atoms with van der Waals surface area (Å²) in [6.07, 6.45) is 19.0. The van der Waals surface area contributed by atoms with Gasteiger partial charge in [-0.25, -0.2) is 9.36 Å². The maximum Gasteiger partial charge on any atom is 0.472 e. The molecule has 0 saturated heterocycles. The van der Waals surface area contributed by atoms with Gasteiger partial charge in [0.25, 0.3) is 5.91 Å². The molecule has 0 radical (unpaired) electrons. The number of unbranched alkanes of at least 4 members (excludes halogenated alkanes) is 16. The second kappa shape index (κ2) is 31.5. The number of fused-ring (bicyclic) bond motifs is 1. The standard InChI is InChI=1S/C45H73N6O12P/c1-4-6-8-10-12-14-16-18-20-22-38(52)60-33-37(63-39(53)23-21-19-17-15-13-11-9-7-5-2)34-62-64(56,57)61-29-28-47-43(54)36-26-24-35(25-27-36)32-51-42-40(48-45(51)55)41(46)49-44(50-42)59-31-30-58-3/h24-27,37H,4-23,28-34H2,1-3H3,(H,47,54)(H,48,55)(H,56,57)(H2,46,49,50)/t37-/m0/s1. The molecule has 2 aromatic heterocycles. The molecule has 2 heterocycles. The number of carbonyl (C=O) groups excluding carboxylic acids is 3. The van der Waals surface area contributed by atoms with E-state index >= 15 is 0 Å². The number of rotatable bonds is 37. The molecule has 360 valence electrons. The summed E-state index contributed by atoms with van der Waals surface area (Å²) in [5.41, 5.74) is 7.06. The molecule has 18 nitrogen and oxygen atoms in total. The summed E-state index contributed by atoms with van der Waals surface area (Å²) in [7, 11) is -3.13. The van der Waals surface area contributed by atoms with E-state index in [1.165, 1.54) is 75.9 Å². The predicted molar refractivity (Wildman–Crippen MR) is 244 cm³/mol. The second-order valence-corrected chi connectivity index (χ2v) is 17.4. The second-order valence-electron chi connectivity index (χ2n) is 15.9. The normalized spacial score (nSPS) is 12.8. The lowest BCUT2D eigenvalue weighted by Gasteiger charge is -2.20. The molecule has 19 heteroatoms. The van der Waals surface area contributed by atoms with Gasteiger partial charge in [0, 0.05) is 32.1 Å². The lowest BCUT2D eigenvalue weighted by Crippen LogP contribution is -2.30. The van der Waals surface area contributed by atoms with Gasteiger partial charge in [-0.3, -0.25) is 28.0 Å². The Kier molecular flexibility index (Phi) is 26.6.